The minimum absolute atomic E-state index is 0.0553. The lowest BCUT2D eigenvalue weighted by atomic mass is 10.2. The predicted molar refractivity (Wildman–Crippen MR) is 96.5 cm³/mol. The highest BCUT2D eigenvalue weighted by atomic mass is 16.5. The Balaban J connectivity index is 1.48. The van der Waals surface area contributed by atoms with Gasteiger partial charge < -0.3 is 19.5 Å². The van der Waals surface area contributed by atoms with Gasteiger partial charge in [0, 0.05) is 19.5 Å². The molecule has 1 unspecified atom stereocenters. The van der Waals surface area contributed by atoms with Crippen LogP contribution >= 0.6 is 0 Å². The highest BCUT2D eigenvalue weighted by Gasteiger charge is 2.33. The molecule has 1 fully saturated rings. The largest absolute Gasteiger partial charge is 0.376 e. The van der Waals surface area contributed by atoms with E-state index in [2.05, 4.69) is 15.5 Å². The van der Waals surface area contributed by atoms with E-state index >= 15 is 0 Å². The van der Waals surface area contributed by atoms with E-state index in [0.717, 1.165) is 31.4 Å². The molecule has 0 aliphatic carbocycles. The highest BCUT2D eigenvalue weighted by molar-refractivity contribution is 5.74. The number of urea groups is 1. The lowest BCUT2D eigenvalue weighted by molar-refractivity contribution is 0.122. The highest BCUT2D eigenvalue weighted by Crippen LogP contribution is 2.30. The van der Waals surface area contributed by atoms with Gasteiger partial charge in [0.1, 0.15) is 6.04 Å². The van der Waals surface area contributed by atoms with Crippen molar-refractivity contribution in [2.75, 3.05) is 19.7 Å². The minimum Gasteiger partial charge on any atom is -0.376 e. The molecule has 2 amide bonds. The molecule has 0 spiro atoms. The lowest BCUT2D eigenvalue weighted by Crippen LogP contribution is -2.39. The number of likely N-dealkylation sites (tertiary alicyclic amines) is 1. The third kappa shape index (κ3) is 4.82. The van der Waals surface area contributed by atoms with E-state index in [1.54, 1.807) is 4.90 Å². The molecule has 1 aromatic heterocycles. The van der Waals surface area contributed by atoms with Crippen molar-refractivity contribution in [2.45, 2.75) is 45.3 Å². The Morgan fingerprint density at radius 1 is 1.38 bits per heavy atom. The van der Waals surface area contributed by atoms with Crippen LogP contribution in [0.5, 0.6) is 0 Å². The first-order chi connectivity index (χ1) is 12.8. The average molecular weight is 358 g/mol. The van der Waals surface area contributed by atoms with Crippen LogP contribution in [-0.4, -0.2) is 40.8 Å². The maximum atomic E-state index is 12.2. The zero-order valence-corrected chi connectivity index (χ0v) is 15.2. The zero-order valence-electron chi connectivity index (χ0n) is 15.2. The van der Waals surface area contributed by atoms with E-state index in [1.165, 1.54) is 0 Å². The maximum Gasteiger partial charge on any atom is 0.318 e. The number of carbonyl (C=O) groups is 1. The van der Waals surface area contributed by atoms with Gasteiger partial charge in [0.15, 0.2) is 5.82 Å². The molecule has 1 aliphatic rings. The Kier molecular flexibility index (Phi) is 6.60. The fourth-order valence-electron chi connectivity index (χ4n) is 3.03. The van der Waals surface area contributed by atoms with Gasteiger partial charge in [-0.3, -0.25) is 0 Å². The molecule has 1 aliphatic heterocycles. The van der Waals surface area contributed by atoms with Gasteiger partial charge in [-0.05, 0) is 24.8 Å². The third-order valence-corrected chi connectivity index (χ3v) is 4.39. The third-order valence-electron chi connectivity index (χ3n) is 4.39. The van der Waals surface area contributed by atoms with Gasteiger partial charge in [0.25, 0.3) is 0 Å². The summed E-state index contributed by atoms with van der Waals surface area (Å²) in [7, 11) is 0. The summed E-state index contributed by atoms with van der Waals surface area (Å²) in [4.78, 5) is 18.5. The molecule has 26 heavy (non-hydrogen) atoms. The van der Waals surface area contributed by atoms with Crippen molar-refractivity contribution in [3.8, 4) is 0 Å². The number of aromatic nitrogens is 2. The summed E-state index contributed by atoms with van der Waals surface area (Å²) in [5, 5.41) is 6.95. The Hall–Kier alpha value is -2.41. The van der Waals surface area contributed by atoms with E-state index < -0.39 is 0 Å². The molecular weight excluding hydrogens is 332 g/mol. The molecule has 0 saturated carbocycles. The predicted octanol–water partition coefficient (Wildman–Crippen LogP) is 3.09. The number of nitrogens with one attached hydrogen (secondary N) is 1. The summed E-state index contributed by atoms with van der Waals surface area (Å²) in [6.07, 6.45) is 3.30. The molecule has 140 valence electrons. The van der Waals surface area contributed by atoms with Crippen LogP contribution in [0.2, 0.25) is 0 Å². The Bertz CT molecular complexity index is 689. The van der Waals surface area contributed by atoms with E-state index in [-0.39, 0.29) is 12.1 Å². The smallest absolute Gasteiger partial charge is 0.318 e. The van der Waals surface area contributed by atoms with Crippen molar-refractivity contribution in [3.63, 3.8) is 0 Å². The first-order valence-corrected chi connectivity index (χ1v) is 9.26. The lowest BCUT2D eigenvalue weighted by Gasteiger charge is -2.22. The average Bonchev–Trinajstić information content (AvgIpc) is 3.33. The number of amides is 2. The van der Waals surface area contributed by atoms with Gasteiger partial charge in [0.05, 0.1) is 13.2 Å². The Labute approximate surface area is 153 Å². The summed E-state index contributed by atoms with van der Waals surface area (Å²) >= 11 is 0. The van der Waals surface area contributed by atoms with Crippen molar-refractivity contribution < 1.29 is 14.1 Å². The van der Waals surface area contributed by atoms with Crippen LogP contribution in [0.15, 0.2) is 34.9 Å². The molecule has 7 nitrogen and oxygen atoms in total. The maximum absolute atomic E-state index is 12.2. The molecule has 1 atom stereocenters. The van der Waals surface area contributed by atoms with Crippen LogP contribution in [0.3, 0.4) is 0 Å². The fourth-order valence-corrected chi connectivity index (χ4v) is 3.03. The van der Waals surface area contributed by atoms with Crippen LogP contribution in [0.1, 0.15) is 49.5 Å². The van der Waals surface area contributed by atoms with Gasteiger partial charge >= 0.3 is 6.03 Å². The van der Waals surface area contributed by atoms with Crippen LogP contribution in [0.4, 0.5) is 4.79 Å². The summed E-state index contributed by atoms with van der Waals surface area (Å²) < 4.78 is 11.1. The number of hydrogen-bond acceptors (Lipinski definition) is 5. The Morgan fingerprint density at radius 3 is 3.04 bits per heavy atom. The summed E-state index contributed by atoms with van der Waals surface area (Å²) in [5.41, 5.74) is 1.14. The molecule has 1 saturated heterocycles. The molecule has 0 radical (unpaired) electrons. The van der Waals surface area contributed by atoms with Gasteiger partial charge in [-0.2, -0.15) is 4.98 Å². The number of rotatable bonds is 8. The fraction of sp³-hybridized carbons (Fsp3) is 0.526. The van der Waals surface area contributed by atoms with Crippen molar-refractivity contribution >= 4 is 6.03 Å². The second kappa shape index (κ2) is 9.33. The van der Waals surface area contributed by atoms with E-state index in [0.29, 0.717) is 37.9 Å². The van der Waals surface area contributed by atoms with Crippen molar-refractivity contribution in [1.29, 1.82) is 0 Å². The SMILES string of the molecule is CCCNC(=O)N1CCCC1c1nc(CCOCc2ccccc2)no1. The Morgan fingerprint density at radius 2 is 2.23 bits per heavy atom. The van der Waals surface area contributed by atoms with Crippen LogP contribution in [0.25, 0.3) is 0 Å². The molecule has 1 aromatic carbocycles. The number of ether oxygens (including phenoxy) is 1. The monoisotopic (exact) mass is 358 g/mol. The molecular formula is C19H26N4O3. The number of nitrogens with zero attached hydrogens (tertiary/aromatic N) is 3. The van der Waals surface area contributed by atoms with Crippen molar-refractivity contribution in [3.05, 3.63) is 47.6 Å². The molecule has 0 bridgehead atoms. The standard InChI is InChI=1S/C19H26N4O3/c1-2-11-20-19(24)23-12-6-9-16(23)18-21-17(22-26-18)10-13-25-14-15-7-4-3-5-8-15/h3-5,7-8,16H,2,6,9-14H2,1H3,(H,20,24). The van der Waals surface area contributed by atoms with E-state index in [4.69, 9.17) is 9.26 Å². The van der Waals surface area contributed by atoms with Crippen LogP contribution < -0.4 is 5.32 Å². The van der Waals surface area contributed by atoms with Gasteiger partial charge in [0.2, 0.25) is 5.89 Å². The molecule has 3 rings (SSSR count). The van der Waals surface area contributed by atoms with Gasteiger partial charge in [-0.25, -0.2) is 4.79 Å². The molecule has 1 N–H and O–H groups in total. The first-order valence-electron chi connectivity index (χ1n) is 9.26. The normalized spacial score (nSPS) is 16.8. The number of benzene rings is 1. The zero-order chi connectivity index (χ0) is 18.2. The quantitative estimate of drug-likeness (QED) is 0.734. The van der Waals surface area contributed by atoms with Crippen molar-refractivity contribution in [2.24, 2.45) is 0 Å². The first kappa shape index (κ1) is 18.4. The summed E-state index contributed by atoms with van der Waals surface area (Å²) in [5.74, 6) is 1.14. The number of hydrogen-bond donors (Lipinski definition) is 1. The topological polar surface area (TPSA) is 80.5 Å². The minimum atomic E-state index is -0.127. The second-order valence-corrected chi connectivity index (χ2v) is 6.42. The van der Waals surface area contributed by atoms with Crippen LogP contribution in [0, 0.1) is 0 Å². The summed E-state index contributed by atoms with van der Waals surface area (Å²) in [6.45, 7) is 4.53. The van der Waals surface area contributed by atoms with Gasteiger partial charge in [-0.1, -0.05) is 42.4 Å². The van der Waals surface area contributed by atoms with E-state index in [9.17, 15) is 4.79 Å². The number of carbonyl (C=O) groups excluding carboxylic acids is 1. The van der Waals surface area contributed by atoms with E-state index in [1.807, 2.05) is 37.3 Å². The molecule has 2 heterocycles. The molecule has 7 heteroatoms. The second-order valence-electron chi connectivity index (χ2n) is 6.42. The van der Waals surface area contributed by atoms with Crippen LogP contribution in [-0.2, 0) is 17.8 Å². The molecule has 2 aromatic rings. The summed E-state index contributed by atoms with van der Waals surface area (Å²) in [6, 6.07) is 9.86. The van der Waals surface area contributed by atoms with Gasteiger partial charge in [-0.15, -0.1) is 0 Å². The van der Waals surface area contributed by atoms with Crippen molar-refractivity contribution in [1.82, 2.24) is 20.4 Å².